The van der Waals surface area contributed by atoms with E-state index in [0.29, 0.717) is 19.3 Å². The topological polar surface area (TPSA) is 82.1 Å². The zero-order chi connectivity index (χ0) is 45.3. The zero-order valence-electron chi connectivity index (χ0n) is 41.7. The number of rotatable bonds is 35. The van der Waals surface area contributed by atoms with Crippen LogP contribution < -0.4 is 0 Å². The Morgan fingerprint density at radius 3 is 1.17 bits per heavy atom. The summed E-state index contributed by atoms with van der Waals surface area (Å²) in [5, 5.41) is 0. The minimum atomic E-state index is -0.0434. The molecule has 4 rings (SSSR count). The van der Waals surface area contributed by atoms with Crippen molar-refractivity contribution >= 4 is 41.4 Å². The molecule has 4 aliphatic carbocycles. The van der Waals surface area contributed by atoms with Gasteiger partial charge in [-0.1, -0.05) is 141 Å². The van der Waals surface area contributed by atoms with Gasteiger partial charge in [-0.2, -0.15) is 23.5 Å². The maximum absolute atomic E-state index is 13.0. The van der Waals surface area contributed by atoms with E-state index in [9.17, 15) is 14.4 Å². The molecule has 4 aliphatic rings. The maximum atomic E-state index is 13.0. The number of nitrogens with zero attached hydrogens (tertiary/aromatic N) is 1. The molecule has 372 valence electrons. The van der Waals surface area contributed by atoms with Gasteiger partial charge in [0.1, 0.15) is 18.3 Å². The minimum Gasteiger partial charge on any atom is -0.462 e. The third-order valence-corrected chi connectivity index (χ3v) is 17.7. The zero-order valence-corrected chi connectivity index (χ0v) is 43.3. The molecule has 4 fully saturated rings. The number of unbranched alkanes of at least 4 members (excludes halogenated alkanes) is 4. The van der Waals surface area contributed by atoms with Gasteiger partial charge in [-0.05, 0) is 139 Å². The summed E-state index contributed by atoms with van der Waals surface area (Å²) in [6.45, 7) is 0.900. The Kier molecular flexibility index (Phi) is 31.4. The molecule has 0 amide bonds. The summed E-state index contributed by atoms with van der Waals surface area (Å²) in [6.07, 6.45) is 44.5. The van der Waals surface area contributed by atoms with Gasteiger partial charge in [0.15, 0.2) is 0 Å². The molecular weight excluding hydrogens is 835 g/mol. The van der Waals surface area contributed by atoms with Gasteiger partial charge in [0.25, 0.3) is 0 Å². The highest BCUT2D eigenvalue weighted by Gasteiger charge is 2.23. The first-order chi connectivity index (χ1) is 31.3. The van der Waals surface area contributed by atoms with Crippen molar-refractivity contribution in [2.45, 2.75) is 262 Å². The van der Waals surface area contributed by atoms with Crippen LogP contribution in [0.15, 0.2) is 0 Å². The average molecular weight is 935 g/mol. The molecule has 0 aromatic heterocycles. The number of hydrogen-bond donors (Lipinski definition) is 0. The molecule has 0 heterocycles. The van der Waals surface area contributed by atoms with E-state index in [1.807, 2.05) is 23.5 Å². The summed E-state index contributed by atoms with van der Waals surface area (Å²) in [6, 6.07) is 0. The molecule has 2 atom stereocenters. The molecular formula is C55H99NO6S2. The minimum absolute atomic E-state index is 0.00143. The Morgan fingerprint density at radius 1 is 0.422 bits per heavy atom. The van der Waals surface area contributed by atoms with Gasteiger partial charge < -0.3 is 19.1 Å². The van der Waals surface area contributed by atoms with E-state index in [1.165, 1.54) is 141 Å². The van der Waals surface area contributed by atoms with Gasteiger partial charge in [-0.3, -0.25) is 14.4 Å². The van der Waals surface area contributed by atoms with Crippen molar-refractivity contribution < 1.29 is 28.6 Å². The molecule has 9 heteroatoms. The normalized spacial score (nSPS) is 19.9. The molecule has 0 spiro atoms. The van der Waals surface area contributed by atoms with Gasteiger partial charge >= 0.3 is 17.9 Å². The second-order valence-corrected chi connectivity index (χ2v) is 23.6. The molecule has 0 N–H and O–H groups in total. The van der Waals surface area contributed by atoms with Gasteiger partial charge in [0, 0.05) is 30.8 Å². The standard InChI is InChI=1S/C55H99NO6S2/c1-56(2)41-21-32-53(57)60-50(30-17-7-19-42-63-44-51(37-33-46-22-9-3-10-23-46)61-54(58)39-35-48-26-13-5-14-27-48)31-18-8-20-43-64-45-52(38-34-47-24-11-4-12-25-47)62-55(59)40-36-49-28-15-6-16-29-49/h46-52H,3-45H2,1-2H3. The van der Waals surface area contributed by atoms with E-state index in [2.05, 4.69) is 19.0 Å². The number of thioether (sulfide) groups is 2. The van der Waals surface area contributed by atoms with Crippen LogP contribution in [0.5, 0.6) is 0 Å². The van der Waals surface area contributed by atoms with Crippen LogP contribution in [-0.4, -0.2) is 84.8 Å². The lowest BCUT2D eigenvalue weighted by Gasteiger charge is -2.25. The fraction of sp³-hybridized carbons (Fsp3) is 0.945. The van der Waals surface area contributed by atoms with Crippen LogP contribution in [0, 0.1) is 23.7 Å². The Hall–Kier alpha value is -0.930. The lowest BCUT2D eigenvalue weighted by atomic mass is 9.85. The van der Waals surface area contributed by atoms with Crippen molar-refractivity contribution in [3.05, 3.63) is 0 Å². The highest BCUT2D eigenvalue weighted by Crippen LogP contribution is 2.32. The smallest absolute Gasteiger partial charge is 0.306 e. The van der Waals surface area contributed by atoms with Crippen LogP contribution in [0.1, 0.15) is 244 Å². The molecule has 4 saturated carbocycles. The van der Waals surface area contributed by atoms with Crippen molar-refractivity contribution in [2.24, 2.45) is 23.7 Å². The summed E-state index contributed by atoms with van der Waals surface area (Å²) >= 11 is 3.94. The van der Waals surface area contributed by atoms with Crippen LogP contribution >= 0.6 is 23.5 Å². The third-order valence-electron chi connectivity index (χ3n) is 15.3. The summed E-state index contributed by atoms with van der Waals surface area (Å²) in [4.78, 5) is 41.0. The molecule has 0 radical (unpaired) electrons. The fourth-order valence-electron chi connectivity index (χ4n) is 11.2. The third kappa shape index (κ3) is 27.8. The van der Waals surface area contributed by atoms with Crippen molar-refractivity contribution in [3.63, 3.8) is 0 Å². The number of esters is 3. The second kappa shape index (κ2) is 36.1. The molecule has 0 aliphatic heterocycles. The first-order valence-electron chi connectivity index (χ1n) is 27.7. The fourth-order valence-corrected chi connectivity index (χ4v) is 13.4. The number of ether oxygens (including phenoxy) is 3. The second-order valence-electron chi connectivity index (χ2n) is 21.3. The molecule has 0 bridgehead atoms. The first-order valence-corrected chi connectivity index (χ1v) is 30.0. The summed E-state index contributed by atoms with van der Waals surface area (Å²) < 4.78 is 18.5. The number of hydrogen-bond acceptors (Lipinski definition) is 9. The predicted octanol–water partition coefficient (Wildman–Crippen LogP) is 15.1. The quantitative estimate of drug-likeness (QED) is 0.0350. The predicted molar refractivity (Wildman–Crippen MR) is 272 cm³/mol. The SMILES string of the molecule is CN(C)CCCC(=O)OC(CCCCCSCC(CCC1CCCCC1)OC(=O)CCC1CCCCC1)CCCCCSCC(CCC1CCCCC1)OC(=O)CCC1CCCCC1. The molecule has 0 aromatic carbocycles. The van der Waals surface area contributed by atoms with E-state index in [-0.39, 0.29) is 36.2 Å². The summed E-state index contributed by atoms with van der Waals surface area (Å²) in [5.74, 6) is 7.10. The number of carbonyl (C=O) groups is 3. The summed E-state index contributed by atoms with van der Waals surface area (Å²) in [7, 11) is 4.10. The largest absolute Gasteiger partial charge is 0.462 e. The Morgan fingerprint density at radius 2 is 0.781 bits per heavy atom. The van der Waals surface area contributed by atoms with Gasteiger partial charge in [-0.25, -0.2) is 0 Å². The number of carbonyl (C=O) groups excluding carboxylic acids is 3. The highest BCUT2D eigenvalue weighted by atomic mass is 32.2. The van der Waals surface area contributed by atoms with Crippen molar-refractivity contribution in [1.82, 2.24) is 4.90 Å². The van der Waals surface area contributed by atoms with Gasteiger partial charge in [0.05, 0.1) is 0 Å². The summed E-state index contributed by atoms with van der Waals surface area (Å²) in [5.41, 5.74) is 0. The van der Waals surface area contributed by atoms with Crippen molar-refractivity contribution in [3.8, 4) is 0 Å². The Labute approximate surface area is 402 Å². The lowest BCUT2D eigenvalue weighted by molar-refractivity contribution is -0.150. The average Bonchev–Trinajstić information content (AvgIpc) is 3.31. The van der Waals surface area contributed by atoms with E-state index >= 15 is 0 Å². The van der Waals surface area contributed by atoms with Gasteiger partial charge in [0.2, 0.25) is 0 Å². The van der Waals surface area contributed by atoms with Crippen LogP contribution in [-0.2, 0) is 28.6 Å². The molecule has 0 saturated heterocycles. The Bertz CT molecular complexity index is 1100. The molecule has 64 heavy (non-hydrogen) atoms. The van der Waals surface area contributed by atoms with Crippen molar-refractivity contribution in [2.75, 3.05) is 43.7 Å². The molecule has 2 unspecified atom stereocenters. The monoisotopic (exact) mass is 934 g/mol. The molecule has 7 nitrogen and oxygen atoms in total. The lowest BCUT2D eigenvalue weighted by Crippen LogP contribution is -2.23. The Balaban J connectivity index is 1.13. The van der Waals surface area contributed by atoms with Gasteiger partial charge in [-0.15, -0.1) is 0 Å². The highest BCUT2D eigenvalue weighted by molar-refractivity contribution is 7.99. The van der Waals surface area contributed by atoms with E-state index < -0.39 is 0 Å². The van der Waals surface area contributed by atoms with Crippen LogP contribution in [0.4, 0.5) is 0 Å². The van der Waals surface area contributed by atoms with Crippen LogP contribution in [0.2, 0.25) is 0 Å². The van der Waals surface area contributed by atoms with E-state index in [0.717, 1.165) is 137 Å². The van der Waals surface area contributed by atoms with E-state index in [4.69, 9.17) is 14.2 Å². The first kappa shape index (κ1) is 55.7. The van der Waals surface area contributed by atoms with Crippen LogP contribution in [0.25, 0.3) is 0 Å². The maximum Gasteiger partial charge on any atom is 0.306 e. The molecule has 0 aromatic rings. The van der Waals surface area contributed by atoms with Crippen molar-refractivity contribution in [1.29, 1.82) is 0 Å². The van der Waals surface area contributed by atoms with E-state index in [1.54, 1.807) is 0 Å². The van der Waals surface area contributed by atoms with Crippen LogP contribution in [0.3, 0.4) is 0 Å².